The van der Waals surface area contributed by atoms with Crippen molar-refractivity contribution >= 4 is 0 Å². The Labute approximate surface area is 101 Å². The third-order valence-electron chi connectivity index (χ3n) is 3.21. The van der Waals surface area contributed by atoms with E-state index >= 15 is 0 Å². The molecule has 1 aromatic rings. The maximum atomic E-state index is 10.8. The number of nitro groups is 1. The Hall–Kier alpha value is -1.68. The van der Waals surface area contributed by atoms with E-state index in [-0.39, 0.29) is 17.5 Å². The molecule has 0 fully saturated rings. The van der Waals surface area contributed by atoms with Gasteiger partial charge in [0, 0.05) is 18.0 Å². The molecule has 1 unspecified atom stereocenters. The monoisotopic (exact) mass is 232 g/mol. The quantitative estimate of drug-likeness (QED) is 0.453. The zero-order valence-electron chi connectivity index (χ0n) is 9.71. The molecule has 0 N–H and O–H groups in total. The van der Waals surface area contributed by atoms with Crippen molar-refractivity contribution in [3.05, 3.63) is 58.2 Å². The van der Waals surface area contributed by atoms with Crippen LogP contribution < -0.4 is 0 Å². The summed E-state index contributed by atoms with van der Waals surface area (Å²) in [5.41, 5.74) is 2.33. The van der Waals surface area contributed by atoms with E-state index in [1.165, 1.54) is 5.56 Å². The molecule has 0 aliphatic carbocycles. The molecule has 1 heterocycles. The van der Waals surface area contributed by atoms with Crippen molar-refractivity contribution in [3.63, 3.8) is 0 Å². The van der Waals surface area contributed by atoms with E-state index in [1.807, 2.05) is 18.2 Å². The largest absolute Gasteiger partial charge is 0.287 e. The minimum Gasteiger partial charge on any atom is -0.287 e. The molecule has 4 heteroatoms. The number of rotatable bonds is 4. The minimum absolute atomic E-state index is 0.0369. The van der Waals surface area contributed by atoms with Gasteiger partial charge in [-0.1, -0.05) is 30.3 Å². The van der Waals surface area contributed by atoms with Gasteiger partial charge in [-0.25, -0.2) is 0 Å². The minimum atomic E-state index is -0.233. The van der Waals surface area contributed by atoms with E-state index in [0.29, 0.717) is 6.54 Å². The topological polar surface area (TPSA) is 46.4 Å². The fourth-order valence-corrected chi connectivity index (χ4v) is 2.44. The van der Waals surface area contributed by atoms with Crippen molar-refractivity contribution in [3.8, 4) is 0 Å². The summed E-state index contributed by atoms with van der Waals surface area (Å²) in [6.07, 6.45) is 2.76. The third-order valence-corrected chi connectivity index (χ3v) is 3.21. The van der Waals surface area contributed by atoms with Gasteiger partial charge in [0.15, 0.2) is 0 Å². The average molecular weight is 232 g/mol. The van der Waals surface area contributed by atoms with Gasteiger partial charge in [0.25, 0.3) is 0 Å². The van der Waals surface area contributed by atoms with E-state index in [1.54, 1.807) is 6.08 Å². The third kappa shape index (κ3) is 2.53. The molecule has 2 rings (SSSR count). The second-order valence-electron chi connectivity index (χ2n) is 4.26. The highest BCUT2D eigenvalue weighted by molar-refractivity contribution is 5.32. The highest BCUT2D eigenvalue weighted by Crippen LogP contribution is 2.29. The lowest BCUT2D eigenvalue weighted by molar-refractivity contribution is -0.488. The lowest BCUT2D eigenvalue weighted by Gasteiger charge is -2.34. The predicted octanol–water partition coefficient (Wildman–Crippen LogP) is 2.05. The molecule has 4 nitrogen and oxygen atoms in total. The van der Waals surface area contributed by atoms with Crippen molar-refractivity contribution in [2.45, 2.75) is 12.5 Å². The number of hydrogen-bond donors (Lipinski definition) is 0. The fourth-order valence-electron chi connectivity index (χ4n) is 2.44. The van der Waals surface area contributed by atoms with Crippen LogP contribution in [0.3, 0.4) is 0 Å². The van der Waals surface area contributed by atoms with Gasteiger partial charge in [-0.2, -0.15) is 0 Å². The van der Waals surface area contributed by atoms with E-state index in [9.17, 15) is 10.1 Å². The first-order chi connectivity index (χ1) is 8.22. The van der Waals surface area contributed by atoms with Gasteiger partial charge >= 0.3 is 0 Å². The van der Waals surface area contributed by atoms with Gasteiger partial charge in [0.1, 0.15) is 6.04 Å². The molecule has 0 aromatic heterocycles. The normalized spacial score (nSPS) is 19.6. The van der Waals surface area contributed by atoms with Crippen LogP contribution in [0, 0.1) is 10.1 Å². The maximum absolute atomic E-state index is 10.8. The average Bonchev–Trinajstić information content (AvgIpc) is 2.32. The summed E-state index contributed by atoms with van der Waals surface area (Å²) < 4.78 is 0. The van der Waals surface area contributed by atoms with E-state index in [2.05, 4.69) is 17.5 Å². The Balaban J connectivity index is 2.31. The molecule has 1 aliphatic rings. The van der Waals surface area contributed by atoms with E-state index in [0.717, 1.165) is 18.5 Å². The first kappa shape index (κ1) is 11.8. The Morgan fingerprint density at radius 1 is 1.53 bits per heavy atom. The molecule has 0 saturated carbocycles. The van der Waals surface area contributed by atoms with Crippen LogP contribution in [-0.2, 0) is 6.42 Å². The van der Waals surface area contributed by atoms with Gasteiger partial charge in [0.05, 0.1) is 0 Å². The molecule has 1 aliphatic heterocycles. The summed E-state index contributed by atoms with van der Waals surface area (Å²) in [5, 5.41) is 10.8. The van der Waals surface area contributed by atoms with Crippen LogP contribution >= 0.6 is 0 Å². The SMILES string of the molecule is C=CCN1CCc2ccccc2C1C[N+](=O)[O-]. The Kier molecular flexibility index (Phi) is 3.54. The standard InChI is InChI=1S/C13H16N2O2/c1-2-8-14-9-7-11-5-3-4-6-12(11)13(14)10-15(16)17/h2-6,13H,1,7-10H2. The van der Waals surface area contributed by atoms with Crippen molar-refractivity contribution in [1.29, 1.82) is 0 Å². The van der Waals surface area contributed by atoms with Crippen molar-refractivity contribution in [2.75, 3.05) is 19.6 Å². The summed E-state index contributed by atoms with van der Waals surface area (Å²) in [6.45, 7) is 5.24. The summed E-state index contributed by atoms with van der Waals surface area (Å²) in [7, 11) is 0. The molecule has 0 bridgehead atoms. The number of benzene rings is 1. The van der Waals surface area contributed by atoms with Gasteiger partial charge < -0.3 is 0 Å². The molecule has 0 amide bonds. The van der Waals surface area contributed by atoms with Crippen LogP contribution in [0.2, 0.25) is 0 Å². The summed E-state index contributed by atoms with van der Waals surface area (Å²) >= 11 is 0. The van der Waals surface area contributed by atoms with Crippen LogP contribution in [0.15, 0.2) is 36.9 Å². The second kappa shape index (κ2) is 5.10. The summed E-state index contributed by atoms with van der Waals surface area (Å²) in [6, 6.07) is 7.88. The van der Waals surface area contributed by atoms with Crippen LogP contribution in [-0.4, -0.2) is 29.5 Å². The highest BCUT2D eigenvalue weighted by Gasteiger charge is 2.29. The zero-order valence-corrected chi connectivity index (χ0v) is 9.71. The molecule has 0 radical (unpaired) electrons. The van der Waals surface area contributed by atoms with Crippen LogP contribution in [0.25, 0.3) is 0 Å². The molecule has 1 aromatic carbocycles. The van der Waals surface area contributed by atoms with Crippen LogP contribution in [0.1, 0.15) is 17.2 Å². The Bertz CT molecular complexity index is 431. The summed E-state index contributed by atoms with van der Waals surface area (Å²) in [5.74, 6) is 0. The van der Waals surface area contributed by atoms with E-state index < -0.39 is 0 Å². The zero-order chi connectivity index (χ0) is 12.3. The van der Waals surface area contributed by atoms with E-state index in [4.69, 9.17) is 0 Å². The lowest BCUT2D eigenvalue weighted by atomic mass is 9.92. The first-order valence-electron chi connectivity index (χ1n) is 5.77. The van der Waals surface area contributed by atoms with Crippen molar-refractivity contribution in [2.24, 2.45) is 0 Å². The first-order valence-corrected chi connectivity index (χ1v) is 5.77. The maximum Gasteiger partial charge on any atom is 0.223 e. The van der Waals surface area contributed by atoms with Crippen LogP contribution in [0.4, 0.5) is 0 Å². The fraction of sp³-hybridized carbons (Fsp3) is 0.385. The van der Waals surface area contributed by atoms with Crippen LogP contribution in [0.5, 0.6) is 0 Å². The lowest BCUT2D eigenvalue weighted by Crippen LogP contribution is -2.39. The number of nitrogens with zero attached hydrogens (tertiary/aromatic N) is 2. The van der Waals surface area contributed by atoms with Crippen molar-refractivity contribution < 1.29 is 4.92 Å². The summed E-state index contributed by atoms with van der Waals surface area (Å²) in [4.78, 5) is 12.7. The van der Waals surface area contributed by atoms with Gasteiger partial charge in [-0.05, 0) is 17.5 Å². The molecule has 0 saturated heterocycles. The number of hydrogen-bond acceptors (Lipinski definition) is 3. The molecule has 1 atom stereocenters. The highest BCUT2D eigenvalue weighted by atomic mass is 16.6. The van der Waals surface area contributed by atoms with Crippen molar-refractivity contribution in [1.82, 2.24) is 4.90 Å². The molecular formula is C13H16N2O2. The Morgan fingerprint density at radius 3 is 3.00 bits per heavy atom. The molecule has 90 valence electrons. The van der Waals surface area contributed by atoms with Gasteiger partial charge in [0.2, 0.25) is 6.54 Å². The van der Waals surface area contributed by atoms with Gasteiger partial charge in [-0.3, -0.25) is 15.0 Å². The predicted molar refractivity (Wildman–Crippen MR) is 66.5 cm³/mol. The molecule has 17 heavy (non-hydrogen) atoms. The molecular weight excluding hydrogens is 216 g/mol. The second-order valence-corrected chi connectivity index (χ2v) is 4.26. The Morgan fingerprint density at radius 2 is 2.29 bits per heavy atom. The van der Waals surface area contributed by atoms with Gasteiger partial charge in [-0.15, -0.1) is 6.58 Å². The smallest absolute Gasteiger partial charge is 0.223 e. The number of fused-ring (bicyclic) bond motifs is 1. The molecule has 0 spiro atoms.